The fourth-order valence-corrected chi connectivity index (χ4v) is 6.04. The summed E-state index contributed by atoms with van der Waals surface area (Å²) >= 11 is 1.82. The van der Waals surface area contributed by atoms with Gasteiger partial charge in [-0.1, -0.05) is 42.5 Å². The molecule has 0 amide bonds. The average Bonchev–Trinajstić information content (AvgIpc) is 3.31. The van der Waals surface area contributed by atoms with Gasteiger partial charge in [-0.25, -0.2) is 0 Å². The summed E-state index contributed by atoms with van der Waals surface area (Å²) in [5, 5.41) is 10.3. The molecule has 2 nitrogen and oxygen atoms in total. The summed E-state index contributed by atoms with van der Waals surface area (Å²) in [6.07, 6.45) is 2.29. The van der Waals surface area contributed by atoms with Gasteiger partial charge in [-0.15, -0.1) is 11.3 Å². The molecule has 0 bridgehead atoms. The molecule has 3 heteroatoms. The summed E-state index contributed by atoms with van der Waals surface area (Å²) in [5.74, 6) is 0. The van der Waals surface area contributed by atoms with Crippen molar-refractivity contribution < 1.29 is 4.57 Å². The highest BCUT2D eigenvalue weighted by atomic mass is 32.1. The summed E-state index contributed by atoms with van der Waals surface area (Å²) in [4.78, 5) is 0. The molecule has 7 aromatic rings. The van der Waals surface area contributed by atoms with Crippen LogP contribution in [0.1, 0.15) is 5.56 Å². The number of pyridine rings is 2. The lowest BCUT2D eigenvalue weighted by Crippen LogP contribution is -2.29. The van der Waals surface area contributed by atoms with E-state index < -0.39 is 0 Å². The highest BCUT2D eigenvalue weighted by Gasteiger charge is 2.25. The summed E-state index contributed by atoms with van der Waals surface area (Å²) in [5.41, 5.74) is 6.61. The minimum atomic E-state index is 1.29. The van der Waals surface area contributed by atoms with Gasteiger partial charge in [0.2, 0.25) is 5.52 Å². The molecule has 4 aromatic heterocycles. The third kappa shape index (κ3) is 1.55. The van der Waals surface area contributed by atoms with Crippen molar-refractivity contribution in [3.05, 3.63) is 71.7 Å². The van der Waals surface area contributed by atoms with Crippen LogP contribution in [-0.2, 0) is 7.05 Å². The third-order valence-corrected chi connectivity index (χ3v) is 7.18. The van der Waals surface area contributed by atoms with Gasteiger partial charge < -0.3 is 4.40 Å². The minimum absolute atomic E-state index is 1.29. The molecule has 4 heterocycles. The van der Waals surface area contributed by atoms with Crippen LogP contribution in [0.3, 0.4) is 0 Å². The van der Waals surface area contributed by atoms with Crippen LogP contribution in [0, 0.1) is 6.92 Å². The molecule has 0 aliphatic carbocycles. The van der Waals surface area contributed by atoms with Crippen LogP contribution >= 0.6 is 11.3 Å². The number of rotatable bonds is 0. The van der Waals surface area contributed by atoms with Crippen molar-refractivity contribution in [2.24, 2.45) is 7.05 Å². The van der Waals surface area contributed by atoms with Crippen molar-refractivity contribution in [3.8, 4) is 0 Å². The van der Waals surface area contributed by atoms with Crippen LogP contribution in [0.25, 0.3) is 59.1 Å². The number of hydrogen-bond acceptors (Lipinski definition) is 1. The molecule has 3 aromatic carbocycles. The molecule has 28 heavy (non-hydrogen) atoms. The molecule has 132 valence electrons. The summed E-state index contributed by atoms with van der Waals surface area (Å²) in [6, 6.07) is 20.2. The molecule has 0 N–H and O–H groups in total. The Balaban J connectivity index is 2.05. The van der Waals surface area contributed by atoms with Crippen LogP contribution in [0.4, 0.5) is 0 Å². The number of fused-ring (bicyclic) bond motifs is 8. The number of thiophene rings is 1. The largest absolute Gasteiger partial charge is 0.302 e. The predicted octanol–water partition coefficient (Wildman–Crippen LogP) is 6.34. The standard InChI is InChI=1S/C25H17N2S/c1-14-7-8-15-9-10-17-16-5-3-4-6-19(16)27-23(17)22(15)21(14)25-24(27)18-11-12-28-20(18)13-26(25)2/h3-13H,1-2H3/q+1. The zero-order valence-electron chi connectivity index (χ0n) is 15.7. The van der Waals surface area contributed by atoms with Gasteiger partial charge in [-0.05, 0) is 35.4 Å². The lowest BCUT2D eigenvalue weighted by atomic mass is 9.96. The number of benzene rings is 3. The van der Waals surface area contributed by atoms with E-state index in [1.807, 2.05) is 11.3 Å². The lowest BCUT2D eigenvalue weighted by molar-refractivity contribution is -0.642. The van der Waals surface area contributed by atoms with E-state index in [1.165, 1.54) is 64.6 Å². The number of nitrogens with zero attached hydrogens (tertiary/aromatic N) is 2. The quantitative estimate of drug-likeness (QED) is 0.166. The molecule has 0 saturated carbocycles. The van der Waals surface area contributed by atoms with Gasteiger partial charge in [0.1, 0.15) is 17.3 Å². The molecular weight excluding hydrogens is 360 g/mol. The average molecular weight is 377 g/mol. The molecule has 0 unspecified atom stereocenters. The van der Waals surface area contributed by atoms with Gasteiger partial charge in [-0.2, -0.15) is 4.57 Å². The maximum atomic E-state index is 2.52. The van der Waals surface area contributed by atoms with Crippen LogP contribution in [-0.4, -0.2) is 4.40 Å². The Morgan fingerprint density at radius 2 is 1.68 bits per heavy atom. The minimum Gasteiger partial charge on any atom is -0.302 e. The topological polar surface area (TPSA) is 8.29 Å². The molecule has 0 radical (unpaired) electrons. The van der Waals surface area contributed by atoms with E-state index in [1.54, 1.807) is 0 Å². The van der Waals surface area contributed by atoms with E-state index in [0.717, 1.165) is 0 Å². The second-order valence-corrected chi connectivity index (χ2v) is 8.75. The van der Waals surface area contributed by atoms with Crippen LogP contribution < -0.4 is 4.57 Å². The second-order valence-electron chi connectivity index (χ2n) is 7.81. The maximum Gasteiger partial charge on any atom is 0.238 e. The van der Waals surface area contributed by atoms with Crippen molar-refractivity contribution in [3.63, 3.8) is 0 Å². The van der Waals surface area contributed by atoms with Crippen molar-refractivity contribution in [1.82, 2.24) is 4.40 Å². The molecule has 0 aliphatic rings. The first-order chi connectivity index (χ1) is 13.7. The van der Waals surface area contributed by atoms with E-state index in [-0.39, 0.29) is 0 Å². The van der Waals surface area contributed by atoms with Gasteiger partial charge in [0.05, 0.1) is 16.4 Å². The molecule has 7 rings (SSSR count). The molecule has 0 aliphatic heterocycles. The number of para-hydroxylation sites is 1. The Bertz CT molecular complexity index is 1730. The van der Waals surface area contributed by atoms with Gasteiger partial charge in [-0.3, -0.25) is 0 Å². The van der Waals surface area contributed by atoms with E-state index >= 15 is 0 Å². The van der Waals surface area contributed by atoms with E-state index in [0.29, 0.717) is 0 Å². The third-order valence-electron chi connectivity index (χ3n) is 6.32. The molecule has 0 saturated heterocycles. The number of hydrogen-bond donors (Lipinski definition) is 0. The fraction of sp³-hybridized carbons (Fsp3) is 0.0800. The first kappa shape index (κ1) is 14.8. The zero-order valence-corrected chi connectivity index (χ0v) is 16.5. The van der Waals surface area contributed by atoms with Crippen LogP contribution in [0.15, 0.2) is 66.2 Å². The SMILES string of the molecule is Cc1ccc2ccc3c4ccccc4n4c3c2c1c1c4c2ccsc2c[n+]1C. The Hall–Kier alpha value is -3.17. The molecule has 0 fully saturated rings. The number of aromatic nitrogens is 2. The summed E-state index contributed by atoms with van der Waals surface area (Å²) < 4.78 is 6.17. The Labute approximate surface area is 165 Å². The normalized spacial score (nSPS) is 12.6. The van der Waals surface area contributed by atoms with E-state index in [4.69, 9.17) is 0 Å². The van der Waals surface area contributed by atoms with Crippen molar-refractivity contribution in [2.45, 2.75) is 6.92 Å². The van der Waals surface area contributed by atoms with Gasteiger partial charge >= 0.3 is 0 Å². The molecule has 0 spiro atoms. The Morgan fingerprint density at radius 1 is 0.821 bits per heavy atom. The van der Waals surface area contributed by atoms with Gasteiger partial charge in [0, 0.05) is 21.5 Å². The van der Waals surface area contributed by atoms with Crippen molar-refractivity contribution in [2.75, 3.05) is 0 Å². The maximum absolute atomic E-state index is 2.52. The van der Waals surface area contributed by atoms with E-state index in [2.05, 4.69) is 89.1 Å². The van der Waals surface area contributed by atoms with Gasteiger partial charge in [0.25, 0.3) is 0 Å². The fourth-order valence-electron chi connectivity index (χ4n) is 5.18. The van der Waals surface area contributed by atoms with Gasteiger partial charge in [0.15, 0.2) is 6.20 Å². The smallest absolute Gasteiger partial charge is 0.238 e. The predicted molar refractivity (Wildman–Crippen MR) is 120 cm³/mol. The van der Waals surface area contributed by atoms with Crippen molar-refractivity contribution in [1.29, 1.82) is 0 Å². The second kappa shape index (κ2) is 4.81. The monoisotopic (exact) mass is 377 g/mol. The number of aryl methyl sites for hydroxylation is 2. The molecule has 0 atom stereocenters. The molecular formula is C25H17N2S+. The Kier molecular flexibility index (Phi) is 2.55. The van der Waals surface area contributed by atoms with E-state index in [9.17, 15) is 0 Å². The van der Waals surface area contributed by atoms with Crippen LogP contribution in [0.2, 0.25) is 0 Å². The first-order valence-corrected chi connectivity index (χ1v) is 10.5. The van der Waals surface area contributed by atoms with Crippen molar-refractivity contribution >= 4 is 70.4 Å². The summed E-state index contributed by atoms with van der Waals surface area (Å²) in [7, 11) is 2.19. The lowest BCUT2D eigenvalue weighted by Gasteiger charge is -2.13. The summed E-state index contributed by atoms with van der Waals surface area (Å²) in [6.45, 7) is 2.24. The highest BCUT2D eigenvalue weighted by molar-refractivity contribution is 7.17. The first-order valence-electron chi connectivity index (χ1n) is 9.60. The van der Waals surface area contributed by atoms with Crippen LogP contribution in [0.5, 0.6) is 0 Å². The Morgan fingerprint density at radius 3 is 2.61 bits per heavy atom. The highest BCUT2D eigenvalue weighted by Crippen LogP contribution is 2.43. The zero-order chi connectivity index (χ0) is 18.6.